The lowest BCUT2D eigenvalue weighted by atomic mass is 9.94. The number of amides is 2. The summed E-state index contributed by atoms with van der Waals surface area (Å²) in [5.41, 5.74) is -0.875. The van der Waals surface area contributed by atoms with Crippen LogP contribution >= 0.6 is 11.6 Å². The van der Waals surface area contributed by atoms with E-state index in [4.69, 9.17) is 15.8 Å². The topological polar surface area (TPSA) is 117 Å². The molecule has 35 heavy (non-hydrogen) atoms. The maximum Gasteiger partial charge on any atom is 0.297 e. The number of carbonyl (C=O) groups is 2. The summed E-state index contributed by atoms with van der Waals surface area (Å²) in [5.74, 6) is -0.711. The van der Waals surface area contributed by atoms with E-state index in [0.29, 0.717) is 30.7 Å². The predicted octanol–water partition coefficient (Wildman–Crippen LogP) is 2.92. The summed E-state index contributed by atoms with van der Waals surface area (Å²) in [5, 5.41) is 12.7. The minimum Gasteiger partial charge on any atom is -0.336 e. The van der Waals surface area contributed by atoms with Gasteiger partial charge in [0.05, 0.1) is 22.5 Å². The van der Waals surface area contributed by atoms with E-state index >= 15 is 0 Å². The van der Waals surface area contributed by atoms with Crippen LogP contribution in [-0.2, 0) is 29.3 Å². The summed E-state index contributed by atoms with van der Waals surface area (Å²) in [6.45, 7) is -0.0438. The van der Waals surface area contributed by atoms with Crippen LogP contribution in [0.25, 0.3) is 0 Å². The van der Waals surface area contributed by atoms with Crippen LogP contribution in [0.5, 0.6) is 0 Å². The van der Waals surface area contributed by atoms with Gasteiger partial charge in [0.2, 0.25) is 11.8 Å². The van der Waals surface area contributed by atoms with E-state index in [9.17, 15) is 23.3 Å². The Balaban J connectivity index is 1.41. The minimum absolute atomic E-state index is 0.00650. The average molecular weight is 514 g/mol. The Labute approximate surface area is 208 Å². The molecule has 2 aromatic rings. The van der Waals surface area contributed by atoms with Crippen LogP contribution in [0.2, 0.25) is 5.02 Å². The van der Waals surface area contributed by atoms with Crippen LogP contribution < -0.4 is 5.32 Å². The number of carbonyl (C=O) groups excluding carboxylic acids is 2. The highest BCUT2D eigenvalue weighted by atomic mass is 35.5. The number of hydrogen-bond donors (Lipinski definition) is 1. The number of likely N-dealkylation sites (tertiary alicyclic amines) is 1. The first-order chi connectivity index (χ1) is 16.7. The third-order valence-corrected chi connectivity index (χ3v) is 8.63. The molecule has 2 aromatic carbocycles. The summed E-state index contributed by atoms with van der Waals surface area (Å²) in [6.07, 6.45) is 1.46. The first-order valence-electron chi connectivity index (χ1n) is 11.5. The minimum atomic E-state index is -4.08. The monoisotopic (exact) mass is 513 g/mol. The van der Waals surface area contributed by atoms with Crippen molar-refractivity contribution >= 4 is 33.5 Å². The van der Waals surface area contributed by atoms with Crippen LogP contribution in [0.15, 0.2) is 59.5 Å². The second-order valence-corrected chi connectivity index (χ2v) is 11.5. The summed E-state index contributed by atoms with van der Waals surface area (Å²) in [6, 6.07) is 16.0. The zero-order valence-electron chi connectivity index (χ0n) is 18.8. The molecule has 1 aliphatic heterocycles. The highest BCUT2D eigenvalue weighted by Crippen LogP contribution is 2.51. The lowest BCUT2D eigenvalue weighted by molar-refractivity contribution is -0.140. The van der Waals surface area contributed by atoms with E-state index in [1.807, 2.05) is 0 Å². The van der Waals surface area contributed by atoms with Crippen molar-refractivity contribution in [2.45, 2.75) is 60.1 Å². The Kier molecular flexibility index (Phi) is 5.86. The Morgan fingerprint density at radius 2 is 1.71 bits per heavy atom. The largest absolute Gasteiger partial charge is 0.336 e. The lowest BCUT2D eigenvalue weighted by Crippen LogP contribution is -2.51. The summed E-state index contributed by atoms with van der Waals surface area (Å²) < 4.78 is 31.1. The van der Waals surface area contributed by atoms with Gasteiger partial charge < -0.3 is 10.2 Å². The maximum atomic E-state index is 13.8. The fourth-order valence-electron chi connectivity index (χ4n) is 4.67. The van der Waals surface area contributed by atoms with Gasteiger partial charge in [0, 0.05) is 18.0 Å². The smallest absolute Gasteiger partial charge is 0.297 e. The number of benzene rings is 2. The molecule has 2 atom stereocenters. The van der Waals surface area contributed by atoms with Gasteiger partial charge in [-0.3, -0.25) is 13.8 Å². The third kappa shape index (κ3) is 4.54. The van der Waals surface area contributed by atoms with Gasteiger partial charge in [-0.2, -0.15) is 13.7 Å². The van der Waals surface area contributed by atoms with Crippen LogP contribution in [0.3, 0.4) is 0 Å². The van der Waals surface area contributed by atoms with Crippen molar-refractivity contribution in [3.63, 3.8) is 0 Å². The molecule has 0 aromatic heterocycles. The van der Waals surface area contributed by atoms with Gasteiger partial charge in [0.15, 0.2) is 0 Å². The first-order valence-corrected chi connectivity index (χ1v) is 13.3. The van der Waals surface area contributed by atoms with Gasteiger partial charge in [-0.15, -0.1) is 0 Å². The van der Waals surface area contributed by atoms with Crippen LogP contribution in [0.1, 0.15) is 37.7 Å². The van der Waals surface area contributed by atoms with Crippen LogP contribution in [0.4, 0.5) is 0 Å². The van der Waals surface area contributed by atoms with Gasteiger partial charge in [-0.25, -0.2) is 0 Å². The van der Waals surface area contributed by atoms with Crippen LogP contribution in [0, 0.1) is 11.3 Å². The van der Waals surface area contributed by atoms with Crippen molar-refractivity contribution in [2.24, 2.45) is 0 Å². The second-order valence-electron chi connectivity index (χ2n) is 9.47. The third-order valence-electron chi connectivity index (χ3n) is 7.00. The molecule has 3 aliphatic rings. The maximum absolute atomic E-state index is 13.8. The van der Waals surface area contributed by atoms with E-state index in [1.54, 1.807) is 42.5 Å². The molecule has 0 bridgehead atoms. The second kappa shape index (κ2) is 8.63. The van der Waals surface area contributed by atoms with Crippen molar-refractivity contribution in [3.8, 4) is 6.07 Å². The number of halogens is 1. The zero-order valence-corrected chi connectivity index (χ0v) is 20.4. The molecule has 10 heteroatoms. The number of nitrogens with one attached hydrogen (secondary N) is 1. The van der Waals surface area contributed by atoms with E-state index in [1.165, 1.54) is 17.0 Å². The molecular formula is C25H24ClN3O5S. The molecular weight excluding hydrogens is 490 g/mol. The van der Waals surface area contributed by atoms with E-state index in [2.05, 4.69) is 11.4 Å². The molecule has 1 N–H and O–H groups in total. The molecule has 1 heterocycles. The van der Waals surface area contributed by atoms with E-state index < -0.39 is 39.1 Å². The molecule has 5 rings (SSSR count). The van der Waals surface area contributed by atoms with Gasteiger partial charge >= 0.3 is 0 Å². The Bertz CT molecular complexity index is 1300. The molecule has 2 aliphatic carbocycles. The molecule has 0 unspecified atom stereocenters. The molecule has 3 fully saturated rings. The predicted molar refractivity (Wildman–Crippen MR) is 127 cm³/mol. The van der Waals surface area contributed by atoms with Crippen molar-refractivity contribution < 1.29 is 22.2 Å². The molecule has 0 radical (unpaired) electrons. The van der Waals surface area contributed by atoms with Crippen molar-refractivity contribution in [1.29, 1.82) is 5.26 Å². The van der Waals surface area contributed by atoms with Gasteiger partial charge in [0.25, 0.3) is 10.1 Å². The van der Waals surface area contributed by atoms with Gasteiger partial charge in [-0.1, -0.05) is 41.9 Å². The van der Waals surface area contributed by atoms with Crippen molar-refractivity contribution in [2.75, 3.05) is 6.54 Å². The number of nitrogens with zero attached hydrogens (tertiary/aromatic N) is 2. The SMILES string of the molecule is N#CC1(NC(=O)[C@@H]2C[C@H](OS(=O)(=O)c3ccccc3)CN2C(=O)C2(c3ccc(Cl)cc3)CC2)CC1. The van der Waals surface area contributed by atoms with Crippen LogP contribution in [-0.4, -0.2) is 49.4 Å². The molecule has 0 spiro atoms. The number of rotatable bonds is 7. The number of nitriles is 1. The van der Waals surface area contributed by atoms with E-state index in [0.717, 1.165) is 5.56 Å². The van der Waals surface area contributed by atoms with Gasteiger partial charge in [0.1, 0.15) is 11.6 Å². The fraction of sp³-hybridized carbons (Fsp3) is 0.400. The summed E-state index contributed by atoms with van der Waals surface area (Å²) >= 11 is 6.02. The highest BCUT2D eigenvalue weighted by Gasteiger charge is 2.57. The Morgan fingerprint density at radius 1 is 1.06 bits per heavy atom. The molecule has 2 amide bonds. The first kappa shape index (κ1) is 23.8. The van der Waals surface area contributed by atoms with Gasteiger partial charge in [-0.05, 0) is 55.5 Å². The fourth-order valence-corrected chi connectivity index (χ4v) is 5.89. The van der Waals surface area contributed by atoms with Crippen molar-refractivity contribution in [3.05, 3.63) is 65.2 Å². The Hall–Kier alpha value is -2.93. The molecule has 182 valence electrons. The van der Waals surface area contributed by atoms with Crippen molar-refractivity contribution in [1.82, 2.24) is 10.2 Å². The molecule has 1 saturated heterocycles. The summed E-state index contributed by atoms with van der Waals surface area (Å²) in [7, 11) is -4.08. The normalized spacial score (nSPS) is 23.8. The average Bonchev–Trinajstić information content (AvgIpc) is 3.77. The standard InChI is InChI=1S/C25H24ClN3O5S/c26-18-8-6-17(7-9-18)25(12-13-25)23(31)29-15-19(34-35(32,33)20-4-2-1-3-5-20)14-21(29)22(30)28-24(16-27)10-11-24/h1-9,19,21H,10-15H2,(H,28,30)/t19-,21-/m0/s1. The zero-order chi connectivity index (χ0) is 24.8. The molecule has 2 saturated carbocycles. The summed E-state index contributed by atoms with van der Waals surface area (Å²) in [4.78, 5) is 28.4. The molecule has 8 nitrogen and oxygen atoms in total. The lowest BCUT2D eigenvalue weighted by Gasteiger charge is -2.29. The highest BCUT2D eigenvalue weighted by molar-refractivity contribution is 7.86. The quantitative estimate of drug-likeness (QED) is 0.569. The Morgan fingerprint density at radius 3 is 2.29 bits per heavy atom. The van der Waals surface area contributed by atoms with E-state index in [-0.39, 0.29) is 23.8 Å². The number of hydrogen-bond acceptors (Lipinski definition) is 6.